The minimum atomic E-state index is -0.424. The standard InChI is InChI=1S/C20H34N2O2S/c1-6-8-20(15-21-16(2)17-7-13-25-14-17)9-11-22(12-10-20)18(23)24-19(3,4)5/h7,13-14,16,21H,6,8-12,15H2,1-5H3. The number of hydrogen-bond donors (Lipinski definition) is 1. The molecule has 1 aromatic rings. The van der Waals surface area contributed by atoms with E-state index in [1.165, 1.54) is 18.4 Å². The van der Waals surface area contributed by atoms with Gasteiger partial charge in [0, 0.05) is 25.7 Å². The van der Waals surface area contributed by atoms with E-state index >= 15 is 0 Å². The zero-order chi connectivity index (χ0) is 18.5. The fourth-order valence-corrected chi connectivity index (χ4v) is 4.30. The number of carbonyl (C=O) groups excluding carboxylic acids is 1. The highest BCUT2D eigenvalue weighted by atomic mass is 32.1. The number of rotatable bonds is 6. The van der Waals surface area contributed by atoms with Gasteiger partial charge in [0.15, 0.2) is 0 Å². The second-order valence-electron chi connectivity index (χ2n) is 8.38. The van der Waals surface area contributed by atoms with Gasteiger partial charge in [-0.05, 0) is 74.8 Å². The Morgan fingerprint density at radius 1 is 1.40 bits per heavy atom. The molecule has 0 aromatic carbocycles. The van der Waals surface area contributed by atoms with Crippen LogP contribution < -0.4 is 5.32 Å². The summed E-state index contributed by atoms with van der Waals surface area (Å²) in [6.45, 7) is 12.9. The van der Waals surface area contributed by atoms with Crippen LogP contribution in [0.4, 0.5) is 4.79 Å². The van der Waals surface area contributed by atoms with E-state index in [1.54, 1.807) is 11.3 Å². The zero-order valence-corrected chi connectivity index (χ0v) is 17.2. The molecule has 2 heterocycles. The molecule has 1 unspecified atom stereocenters. The van der Waals surface area contributed by atoms with Gasteiger partial charge in [-0.2, -0.15) is 11.3 Å². The summed E-state index contributed by atoms with van der Waals surface area (Å²) in [5.41, 5.74) is 1.23. The molecule has 0 saturated carbocycles. The molecule has 1 saturated heterocycles. The number of nitrogens with one attached hydrogen (secondary N) is 1. The van der Waals surface area contributed by atoms with Crippen LogP contribution in [-0.4, -0.2) is 36.2 Å². The Balaban J connectivity index is 1.90. The molecule has 1 amide bonds. The quantitative estimate of drug-likeness (QED) is 0.751. The third kappa shape index (κ3) is 6.00. The molecule has 1 fully saturated rings. The number of nitrogens with zero attached hydrogens (tertiary/aromatic N) is 1. The fourth-order valence-electron chi connectivity index (χ4n) is 3.54. The summed E-state index contributed by atoms with van der Waals surface area (Å²) in [6.07, 6.45) is 4.31. The van der Waals surface area contributed by atoms with E-state index in [-0.39, 0.29) is 11.5 Å². The number of carbonyl (C=O) groups is 1. The maximum Gasteiger partial charge on any atom is 0.410 e. The first-order valence-corrected chi connectivity index (χ1v) is 10.4. The van der Waals surface area contributed by atoms with Gasteiger partial charge in [0.1, 0.15) is 5.60 Å². The van der Waals surface area contributed by atoms with Crippen molar-refractivity contribution in [2.75, 3.05) is 19.6 Å². The van der Waals surface area contributed by atoms with Gasteiger partial charge in [0.05, 0.1) is 0 Å². The van der Waals surface area contributed by atoms with E-state index in [0.29, 0.717) is 6.04 Å². The van der Waals surface area contributed by atoms with Gasteiger partial charge in [0.2, 0.25) is 0 Å². The largest absolute Gasteiger partial charge is 0.444 e. The number of likely N-dealkylation sites (tertiary alicyclic amines) is 1. The van der Waals surface area contributed by atoms with Crippen LogP contribution in [0.1, 0.15) is 71.9 Å². The van der Waals surface area contributed by atoms with Crippen LogP contribution in [0.3, 0.4) is 0 Å². The molecule has 5 heteroatoms. The van der Waals surface area contributed by atoms with Gasteiger partial charge < -0.3 is 15.0 Å². The molecule has 0 radical (unpaired) electrons. The number of amides is 1. The Labute approximate surface area is 156 Å². The Morgan fingerprint density at radius 2 is 2.08 bits per heavy atom. The molecule has 1 aromatic heterocycles. The summed E-state index contributed by atoms with van der Waals surface area (Å²) in [6, 6.07) is 2.57. The first kappa shape index (κ1) is 20.2. The first-order chi connectivity index (χ1) is 11.7. The second-order valence-corrected chi connectivity index (χ2v) is 9.16. The van der Waals surface area contributed by atoms with Crippen LogP contribution in [0, 0.1) is 5.41 Å². The van der Waals surface area contributed by atoms with Crippen molar-refractivity contribution >= 4 is 17.4 Å². The minimum absolute atomic E-state index is 0.169. The van der Waals surface area contributed by atoms with Crippen molar-refractivity contribution in [1.82, 2.24) is 10.2 Å². The highest BCUT2D eigenvalue weighted by Gasteiger charge is 2.36. The molecule has 1 atom stereocenters. The number of ether oxygens (including phenoxy) is 1. The zero-order valence-electron chi connectivity index (χ0n) is 16.4. The van der Waals surface area contributed by atoms with Crippen molar-refractivity contribution in [3.63, 3.8) is 0 Å². The van der Waals surface area contributed by atoms with Crippen LogP contribution in [0.5, 0.6) is 0 Å². The molecule has 0 spiro atoms. The molecular weight excluding hydrogens is 332 g/mol. The average Bonchev–Trinajstić information content (AvgIpc) is 3.06. The number of piperidine rings is 1. The molecule has 2 rings (SSSR count). The van der Waals surface area contributed by atoms with Crippen molar-refractivity contribution < 1.29 is 9.53 Å². The van der Waals surface area contributed by atoms with Gasteiger partial charge in [-0.3, -0.25) is 0 Å². The molecule has 1 aliphatic rings. The van der Waals surface area contributed by atoms with E-state index in [4.69, 9.17) is 4.74 Å². The average molecular weight is 367 g/mol. The lowest BCUT2D eigenvalue weighted by Gasteiger charge is -2.42. The van der Waals surface area contributed by atoms with Gasteiger partial charge in [-0.15, -0.1) is 0 Å². The van der Waals surface area contributed by atoms with Crippen LogP contribution in [0.2, 0.25) is 0 Å². The first-order valence-electron chi connectivity index (χ1n) is 9.48. The molecule has 25 heavy (non-hydrogen) atoms. The highest BCUT2D eigenvalue weighted by Crippen LogP contribution is 2.36. The summed E-state index contributed by atoms with van der Waals surface area (Å²) < 4.78 is 5.53. The van der Waals surface area contributed by atoms with Gasteiger partial charge >= 0.3 is 6.09 Å². The summed E-state index contributed by atoms with van der Waals surface area (Å²) in [5, 5.41) is 8.09. The molecule has 4 nitrogen and oxygen atoms in total. The fraction of sp³-hybridized carbons (Fsp3) is 0.750. The Hall–Kier alpha value is -1.07. The van der Waals surface area contributed by atoms with Gasteiger partial charge in [-0.25, -0.2) is 4.79 Å². The Morgan fingerprint density at radius 3 is 2.60 bits per heavy atom. The summed E-state index contributed by atoms with van der Waals surface area (Å²) in [4.78, 5) is 14.2. The molecule has 1 aliphatic heterocycles. The third-order valence-corrected chi connectivity index (χ3v) is 5.78. The van der Waals surface area contributed by atoms with Crippen LogP contribution in [0.25, 0.3) is 0 Å². The van der Waals surface area contributed by atoms with Crippen molar-refractivity contribution in [2.24, 2.45) is 5.41 Å². The van der Waals surface area contributed by atoms with Crippen molar-refractivity contribution in [1.29, 1.82) is 0 Å². The monoisotopic (exact) mass is 366 g/mol. The number of thiophene rings is 1. The summed E-state index contributed by atoms with van der Waals surface area (Å²) >= 11 is 1.75. The van der Waals surface area contributed by atoms with E-state index in [9.17, 15) is 4.79 Å². The van der Waals surface area contributed by atoms with E-state index in [0.717, 1.165) is 32.5 Å². The maximum atomic E-state index is 12.3. The van der Waals surface area contributed by atoms with Crippen molar-refractivity contribution in [3.05, 3.63) is 22.4 Å². The van der Waals surface area contributed by atoms with E-state index in [2.05, 4.69) is 36.0 Å². The summed E-state index contributed by atoms with van der Waals surface area (Å²) in [7, 11) is 0. The van der Waals surface area contributed by atoms with Gasteiger partial charge in [-0.1, -0.05) is 13.3 Å². The van der Waals surface area contributed by atoms with Crippen LogP contribution >= 0.6 is 11.3 Å². The molecule has 142 valence electrons. The Kier molecular flexibility index (Phi) is 6.92. The second kappa shape index (κ2) is 8.54. The van der Waals surface area contributed by atoms with E-state index < -0.39 is 5.60 Å². The molecule has 0 bridgehead atoms. The Bertz CT molecular complexity index is 528. The predicted octanol–water partition coefficient (Wildman–Crippen LogP) is 5.22. The minimum Gasteiger partial charge on any atom is -0.444 e. The van der Waals surface area contributed by atoms with Crippen molar-refractivity contribution in [2.45, 2.75) is 71.9 Å². The topological polar surface area (TPSA) is 41.6 Å². The lowest BCUT2D eigenvalue weighted by molar-refractivity contribution is 0.00851. The maximum absolute atomic E-state index is 12.3. The molecule has 1 N–H and O–H groups in total. The van der Waals surface area contributed by atoms with Crippen molar-refractivity contribution in [3.8, 4) is 0 Å². The normalized spacial score (nSPS) is 18.8. The lowest BCUT2D eigenvalue weighted by Crippen LogP contribution is -2.48. The van der Waals surface area contributed by atoms with E-state index in [1.807, 2.05) is 25.7 Å². The number of hydrogen-bond acceptors (Lipinski definition) is 4. The smallest absolute Gasteiger partial charge is 0.410 e. The third-order valence-electron chi connectivity index (χ3n) is 5.08. The van der Waals surface area contributed by atoms with Gasteiger partial charge in [0.25, 0.3) is 0 Å². The molecule has 0 aliphatic carbocycles. The predicted molar refractivity (Wildman–Crippen MR) is 105 cm³/mol. The SMILES string of the molecule is CCCC1(CNC(C)c2ccsc2)CCN(C(=O)OC(C)(C)C)CC1. The van der Waals surface area contributed by atoms with Crippen LogP contribution in [0.15, 0.2) is 16.8 Å². The molecular formula is C20H34N2O2S. The summed E-state index contributed by atoms with van der Waals surface area (Å²) in [5.74, 6) is 0. The highest BCUT2D eigenvalue weighted by molar-refractivity contribution is 7.07. The van der Waals surface area contributed by atoms with Crippen LogP contribution in [-0.2, 0) is 4.74 Å². The lowest BCUT2D eigenvalue weighted by atomic mass is 9.74.